The summed E-state index contributed by atoms with van der Waals surface area (Å²) < 4.78 is 0. The monoisotopic (exact) mass is 542 g/mol. The predicted molar refractivity (Wildman–Crippen MR) is 157 cm³/mol. The number of nitrogens with one attached hydrogen (secondary N) is 3. The average Bonchev–Trinajstić information content (AvgIpc) is 3.65. The lowest BCUT2D eigenvalue weighted by molar-refractivity contribution is 0.0733. The van der Waals surface area contributed by atoms with Crippen LogP contribution in [-0.4, -0.2) is 58.1 Å². The Morgan fingerprint density at radius 3 is 2.50 bits per heavy atom. The SMILES string of the molecule is Cc1c[nH]c([C@H]2CCCN2C(=O)c2cccc(C(=O)N[C@@H](Cc3ccccc3)[C@H](O)CNC3CCCCC3)c2)c1. The molecule has 40 heavy (non-hydrogen) atoms. The second-order valence-corrected chi connectivity index (χ2v) is 11.4. The van der Waals surface area contributed by atoms with Crippen LogP contribution in [0.5, 0.6) is 0 Å². The number of aromatic nitrogens is 1. The van der Waals surface area contributed by atoms with Crippen molar-refractivity contribution in [2.45, 2.75) is 82.5 Å². The Morgan fingerprint density at radius 1 is 0.975 bits per heavy atom. The van der Waals surface area contributed by atoms with E-state index in [-0.39, 0.29) is 17.9 Å². The number of aryl methyl sites for hydroxylation is 1. The third-order valence-corrected chi connectivity index (χ3v) is 8.39. The smallest absolute Gasteiger partial charge is 0.254 e. The maximum absolute atomic E-state index is 13.6. The van der Waals surface area contributed by atoms with E-state index in [2.05, 4.69) is 21.7 Å². The summed E-state index contributed by atoms with van der Waals surface area (Å²) in [5.41, 5.74) is 4.17. The number of carbonyl (C=O) groups excluding carboxylic acids is 2. The largest absolute Gasteiger partial charge is 0.390 e. The third-order valence-electron chi connectivity index (χ3n) is 8.39. The molecule has 4 N–H and O–H groups in total. The Morgan fingerprint density at radius 2 is 1.75 bits per heavy atom. The van der Waals surface area contributed by atoms with Crippen molar-refractivity contribution in [3.63, 3.8) is 0 Å². The van der Waals surface area contributed by atoms with Gasteiger partial charge in [-0.05, 0) is 74.4 Å². The normalized spacial score (nSPS) is 19.4. The number of aliphatic hydroxyl groups excluding tert-OH is 1. The molecule has 2 aromatic carbocycles. The minimum absolute atomic E-state index is 0.0146. The second-order valence-electron chi connectivity index (χ2n) is 11.4. The lowest BCUT2D eigenvalue weighted by Crippen LogP contribution is -2.50. The Labute approximate surface area is 237 Å². The highest BCUT2D eigenvalue weighted by Crippen LogP contribution is 2.33. The third kappa shape index (κ3) is 7.01. The van der Waals surface area contributed by atoms with E-state index in [0.717, 1.165) is 42.5 Å². The van der Waals surface area contributed by atoms with E-state index in [1.54, 1.807) is 24.3 Å². The summed E-state index contributed by atoms with van der Waals surface area (Å²) in [6, 6.07) is 18.9. The minimum atomic E-state index is -0.745. The number of H-pyrrole nitrogens is 1. The van der Waals surface area contributed by atoms with Gasteiger partial charge in [0, 0.05) is 42.1 Å². The number of nitrogens with zero attached hydrogens (tertiary/aromatic N) is 1. The fraction of sp³-hybridized carbons (Fsp3) is 0.455. The maximum atomic E-state index is 13.6. The van der Waals surface area contributed by atoms with Gasteiger partial charge in [0.1, 0.15) is 0 Å². The molecule has 1 saturated carbocycles. The van der Waals surface area contributed by atoms with Gasteiger partial charge in [-0.15, -0.1) is 0 Å². The number of amides is 2. The first-order valence-electron chi connectivity index (χ1n) is 14.8. The first-order valence-corrected chi connectivity index (χ1v) is 14.8. The van der Waals surface area contributed by atoms with Gasteiger partial charge in [0.15, 0.2) is 0 Å². The van der Waals surface area contributed by atoms with Crippen LogP contribution in [0, 0.1) is 6.92 Å². The molecule has 2 fully saturated rings. The minimum Gasteiger partial charge on any atom is -0.390 e. The number of benzene rings is 2. The molecule has 1 aromatic heterocycles. The van der Waals surface area contributed by atoms with Gasteiger partial charge in [-0.3, -0.25) is 9.59 Å². The molecule has 7 nitrogen and oxygen atoms in total. The van der Waals surface area contributed by atoms with E-state index in [1.807, 2.05) is 48.4 Å². The number of aliphatic hydroxyl groups is 1. The molecule has 3 aromatic rings. The lowest BCUT2D eigenvalue weighted by Gasteiger charge is -2.28. The van der Waals surface area contributed by atoms with Crippen LogP contribution in [0.3, 0.4) is 0 Å². The fourth-order valence-corrected chi connectivity index (χ4v) is 6.15. The van der Waals surface area contributed by atoms with Crippen LogP contribution in [-0.2, 0) is 6.42 Å². The highest BCUT2D eigenvalue weighted by molar-refractivity contribution is 6.00. The predicted octanol–water partition coefficient (Wildman–Crippen LogP) is 4.92. The molecular formula is C33H42N4O3. The molecule has 0 bridgehead atoms. The van der Waals surface area contributed by atoms with Crippen molar-refractivity contribution >= 4 is 11.8 Å². The molecular weight excluding hydrogens is 500 g/mol. The van der Waals surface area contributed by atoms with Crippen molar-refractivity contribution in [1.82, 2.24) is 20.5 Å². The number of rotatable bonds is 10. The first-order chi connectivity index (χ1) is 19.5. The topological polar surface area (TPSA) is 97.5 Å². The Hall–Kier alpha value is -3.42. The van der Waals surface area contributed by atoms with Crippen molar-refractivity contribution in [2.75, 3.05) is 13.1 Å². The zero-order chi connectivity index (χ0) is 27.9. The van der Waals surface area contributed by atoms with E-state index >= 15 is 0 Å². The van der Waals surface area contributed by atoms with Crippen LogP contribution < -0.4 is 10.6 Å². The van der Waals surface area contributed by atoms with Crippen molar-refractivity contribution < 1.29 is 14.7 Å². The molecule has 1 saturated heterocycles. The zero-order valence-electron chi connectivity index (χ0n) is 23.4. The van der Waals surface area contributed by atoms with Crippen LogP contribution in [0.2, 0.25) is 0 Å². The van der Waals surface area contributed by atoms with Gasteiger partial charge < -0.3 is 25.6 Å². The van der Waals surface area contributed by atoms with Gasteiger partial charge >= 0.3 is 0 Å². The summed E-state index contributed by atoms with van der Waals surface area (Å²) >= 11 is 0. The van der Waals surface area contributed by atoms with E-state index in [1.165, 1.54) is 19.3 Å². The van der Waals surface area contributed by atoms with Crippen molar-refractivity contribution in [2.24, 2.45) is 0 Å². The number of aromatic amines is 1. The van der Waals surface area contributed by atoms with E-state index in [4.69, 9.17) is 0 Å². The van der Waals surface area contributed by atoms with Gasteiger partial charge in [-0.1, -0.05) is 55.7 Å². The highest BCUT2D eigenvalue weighted by Gasteiger charge is 2.32. The molecule has 1 aliphatic carbocycles. The summed E-state index contributed by atoms with van der Waals surface area (Å²) in [5.74, 6) is -0.354. The fourth-order valence-electron chi connectivity index (χ4n) is 6.15. The molecule has 212 valence electrons. The van der Waals surface area contributed by atoms with Crippen molar-refractivity contribution in [1.29, 1.82) is 0 Å². The first kappa shape index (κ1) is 28.1. The number of hydrogen-bond donors (Lipinski definition) is 4. The molecule has 5 rings (SSSR count). The summed E-state index contributed by atoms with van der Waals surface area (Å²) in [6.45, 7) is 3.16. The Balaban J connectivity index is 1.28. The molecule has 2 aliphatic rings. The van der Waals surface area contributed by atoms with Crippen LogP contribution in [0.15, 0.2) is 66.9 Å². The van der Waals surface area contributed by atoms with Gasteiger partial charge in [-0.2, -0.15) is 0 Å². The van der Waals surface area contributed by atoms with Crippen LogP contribution in [0.25, 0.3) is 0 Å². The molecule has 1 aliphatic heterocycles. The molecule has 2 heterocycles. The molecule has 7 heteroatoms. The molecule has 0 unspecified atom stereocenters. The van der Waals surface area contributed by atoms with E-state index < -0.39 is 12.1 Å². The molecule has 0 radical (unpaired) electrons. The number of likely N-dealkylation sites (tertiary alicyclic amines) is 1. The summed E-state index contributed by atoms with van der Waals surface area (Å²) in [6.07, 6.45) is 9.57. The van der Waals surface area contributed by atoms with Crippen molar-refractivity contribution in [3.8, 4) is 0 Å². The molecule has 3 atom stereocenters. The number of hydrogen-bond acceptors (Lipinski definition) is 4. The Kier molecular flexibility index (Phi) is 9.34. The van der Waals surface area contributed by atoms with Crippen LogP contribution in [0.1, 0.15) is 88.5 Å². The van der Waals surface area contributed by atoms with Crippen LogP contribution >= 0.6 is 0 Å². The van der Waals surface area contributed by atoms with Crippen molar-refractivity contribution in [3.05, 3.63) is 94.8 Å². The summed E-state index contributed by atoms with van der Waals surface area (Å²) in [4.78, 5) is 32.2. The quantitative estimate of drug-likeness (QED) is 0.292. The van der Waals surface area contributed by atoms with Gasteiger partial charge in [-0.25, -0.2) is 0 Å². The van der Waals surface area contributed by atoms with Gasteiger partial charge in [0.05, 0.1) is 18.2 Å². The second kappa shape index (κ2) is 13.3. The number of carbonyl (C=O) groups is 2. The highest BCUT2D eigenvalue weighted by atomic mass is 16.3. The van der Waals surface area contributed by atoms with Gasteiger partial charge in [0.25, 0.3) is 11.8 Å². The Bertz CT molecular complexity index is 1270. The summed E-state index contributed by atoms with van der Waals surface area (Å²) in [7, 11) is 0. The van der Waals surface area contributed by atoms with Gasteiger partial charge in [0.2, 0.25) is 0 Å². The van der Waals surface area contributed by atoms with Crippen LogP contribution in [0.4, 0.5) is 0 Å². The average molecular weight is 543 g/mol. The maximum Gasteiger partial charge on any atom is 0.254 e. The molecule has 2 amide bonds. The standard InChI is InChI=1S/C33H42N4O3/c1-23-18-28(35-21-23)30-16-9-17-37(30)33(40)26-13-8-12-25(20-26)32(39)36-29(19-24-10-4-2-5-11-24)31(38)22-34-27-14-6-3-7-15-27/h2,4-5,8,10-13,18,20-21,27,29-31,34-35,38H,3,6-7,9,14-17,19,22H2,1H3,(H,36,39)/t29-,30+,31+/m0/s1. The molecule has 0 spiro atoms. The summed E-state index contributed by atoms with van der Waals surface area (Å²) in [5, 5.41) is 17.8. The zero-order valence-corrected chi connectivity index (χ0v) is 23.4. The van der Waals surface area contributed by atoms with E-state index in [9.17, 15) is 14.7 Å². The lowest BCUT2D eigenvalue weighted by atomic mass is 9.95. The van der Waals surface area contributed by atoms with E-state index in [0.29, 0.717) is 36.7 Å².